The molecular weight excluding hydrogens is 382 g/mol. The molecule has 1 aromatic heterocycles. The number of thiazole rings is 1. The first-order valence-corrected chi connectivity index (χ1v) is 11.0. The molecule has 8 heteroatoms. The van der Waals surface area contributed by atoms with Crippen LogP contribution in [0.3, 0.4) is 0 Å². The zero-order valence-electron chi connectivity index (χ0n) is 14.7. The molecule has 4 rings (SSSR count). The summed E-state index contributed by atoms with van der Waals surface area (Å²) in [7, 11) is -4.00. The van der Waals surface area contributed by atoms with Gasteiger partial charge in [-0.2, -0.15) is 0 Å². The number of aryl methyl sites for hydroxylation is 1. The second-order valence-corrected chi connectivity index (χ2v) is 9.29. The molecule has 2 N–H and O–H groups in total. The Balaban J connectivity index is 1.75. The molecule has 0 aliphatic carbocycles. The van der Waals surface area contributed by atoms with Gasteiger partial charge in [-0.05, 0) is 50.6 Å². The molecule has 1 atom stereocenters. The van der Waals surface area contributed by atoms with Crippen molar-refractivity contribution in [2.24, 2.45) is 0 Å². The molecule has 1 aliphatic heterocycles. The molecule has 0 bridgehead atoms. The van der Waals surface area contributed by atoms with Crippen molar-refractivity contribution in [2.75, 3.05) is 6.54 Å². The van der Waals surface area contributed by atoms with Crippen LogP contribution < -0.4 is 10.0 Å². The van der Waals surface area contributed by atoms with Crippen molar-refractivity contribution in [1.82, 2.24) is 15.0 Å². The molecule has 2 heterocycles. The van der Waals surface area contributed by atoms with E-state index < -0.39 is 22.0 Å². The first-order chi connectivity index (χ1) is 12.9. The average molecular weight is 402 g/mol. The van der Waals surface area contributed by atoms with Crippen molar-refractivity contribution in [3.63, 3.8) is 0 Å². The molecule has 1 fully saturated rings. The third-order valence-electron chi connectivity index (χ3n) is 4.56. The number of fused-ring (bicyclic) bond motifs is 1. The van der Waals surface area contributed by atoms with Crippen LogP contribution in [0.15, 0.2) is 47.4 Å². The smallest absolute Gasteiger partial charge is 0.264 e. The van der Waals surface area contributed by atoms with Gasteiger partial charge in [0, 0.05) is 5.56 Å². The van der Waals surface area contributed by atoms with E-state index in [-0.39, 0.29) is 4.90 Å². The highest BCUT2D eigenvalue weighted by Gasteiger charge is 2.29. The summed E-state index contributed by atoms with van der Waals surface area (Å²) in [5, 5.41) is 3.63. The Morgan fingerprint density at radius 1 is 1.26 bits per heavy atom. The lowest BCUT2D eigenvalue weighted by molar-refractivity contribution is -0.121. The number of nitrogens with one attached hydrogen (secondary N) is 2. The second kappa shape index (κ2) is 7.03. The molecule has 27 heavy (non-hydrogen) atoms. The third kappa shape index (κ3) is 3.60. The van der Waals surface area contributed by atoms with Crippen LogP contribution >= 0.6 is 11.3 Å². The van der Waals surface area contributed by atoms with Crippen LogP contribution in [0.5, 0.6) is 0 Å². The van der Waals surface area contributed by atoms with E-state index in [0.717, 1.165) is 28.7 Å². The van der Waals surface area contributed by atoms with E-state index in [2.05, 4.69) is 15.0 Å². The van der Waals surface area contributed by atoms with Crippen LogP contribution in [0.4, 0.5) is 0 Å². The minimum atomic E-state index is -4.00. The maximum atomic E-state index is 12.9. The number of amides is 1. The van der Waals surface area contributed by atoms with E-state index in [1.54, 1.807) is 12.1 Å². The molecule has 0 radical (unpaired) electrons. The SMILES string of the molecule is Cc1ccc(S(=O)(=O)NC(=O)C2CCCN2)c(-c2nc3ccccc3s2)c1. The van der Waals surface area contributed by atoms with Crippen LogP contribution in [-0.4, -0.2) is 31.9 Å². The number of carbonyl (C=O) groups is 1. The predicted octanol–water partition coefficient (Wildman–Crippen LogP) is 2.83. The van der Waals surface area contributed by atoms with Gasteiger partial charge in [0.15, 0.2) is 0 Å². The van der Waals surface area contributed by atoms with Gasteiger partial charge < -0.3 is 5.32 Å². The number of aromatic nitrogens is 1. The first kappa shape index (κ1) is 18.1. The highest BCUT2D eigenvalue weighted by atomic mass is 32.2. The largest absolute Gasteiger partial charge is 0.306 e. The van der Waals surface area contributed by atoms with E-state index in [9.17, 15) is 13.2 Å². The molecule has 3 aromatic rings. The number of benzene rings is 2. The summed E-state index contributed by atoms with van der Waals surface area (Å²) in [4.78, 5) is 17.0. The van der Waals surface area contributed by atoms with Gasteiger partial charge in [-0.1, -0.05) is 23.8 Å². The Bertz CT molecular complexity index is 1080. The molecule has 140 valence electrons. The van der Waals surface area contributed by atoms with Crippen molar-refractivity contribution in [2.45, 2.75) is 30.7 Å². The number of sulfonamides is 1. The highest BCUT2D eigenvalue weighted by Crippen LogP contribution is 2.34. The summed E-state index contributed by atoms with van der Waals surface area (Å²) >= 11 is 1.43. The van der Waals surface area contributed by atoms with Gasteiger partial charge in [-0.25, -0.2) is 18.1 Å². The van der Waals surface area contributed by atoms with Gasteiger partial charge in [0.25, 0.3) is 15.9 Å². The molecule has 2 aromatic carbocycles. The van der Waals surface area contributed by atoms with Gasteiger partial charge in [0.2, 0.25) is 0 Å². The van der Waals surface area contributed by atoms with Gasteiger partial charge >= 0.3 is 0 Å². The van der Waals surface area contributed by atoms with Crippen LogP contribution in [0.25, 0.3) is 20.8 Å². The fourth-order valence-corrected chi connectivity index (χ4v) is 5.47. The predicted molar refractivity (Wildman–Crippen MR) is 106 cm³/mol. The van der Waals surface area contributed by atoms with Crippen molar-refractivity contribution in [3.05, 3.63) is 48.0 Å². The standard InChI is InChI=1S/C19H19N3O3S2/c1-12-8-9-17(27(24,25)22-18(23)15-6-4-10-20-15)13(11-12)19-21-14-5-2-3-7-16(14)26-19/h2-3,5,7-9,11,15,20H,4,6,10H2,1H3,(H,22,23). The molecule has 1 unspecified atom stereocenters. The molecular formula is C19H19N3O3S2. The maximum absolute atomic E-state index is 12.9. The lowest BCUT2D eigenvalue weighted by Crippen LogP contribution is -2.43. The van der Waals surface area contributed by atoms with Crippen molar-refractivity contribution in [3.8, 4) is 10.6 Å². The van der Waals surface area contributed by atoms with Gasteiger partial charge in [0.05, 0.1) is 21.2 Å². The molecule has 0 saturated carbocycles. The number of nitrogens with zero attached hydrogens (tertiary/aromatic N) is 1. The maximum Gasteiger partial charge on any atom is 0.264 e. The van der Waals surface area contributed by atoms with Gasteiger partial charge in [-0.15, -0.1) is 11.3 Å². The first-order valence-electron chi connectivity index (χ1n) is 8.71. The quantitative estimate of drug-likeness (QED) is 0.702. The molecule has 1 saturated heterocycles. The summed E-state index contributed by atoms with van der Waals surface area (Å²) in [6, 6.07) is 12.3. The van der Waals surface area contributed by atoms with Crippen LogP contribution in [0, 0.1) is 6.92 Å². The summed E-state index contributed by atoms with van der Waals surface area (Å²) in [6.07, 6.45) is 1.50. The summed E-state index contributed by atoms with van der Waals surface area (Å²) < 4.78 is 29.1. The fraction of sp³-hybridized carbons (Fsp3) is 0.263. The van der Waals surface area contributed by atoms with Crippen LogP contribution in [0.1, 0.15) is 18.4 Å². The topological polar surface area (TPSA) is 88.2 Å². The van der Waals surface area contributed by atoms with Gasteiger partial charge in [0.1, 0.15) is 5.01 Å². The minimum absolute atomic E-state index is 0.0681. The van der Waals surface area contributed by atoms with Crippen molar-refractivity contribution in [1.29, 1.82) is 0 Å². The van der Waals surface area contributed by atoms with Crippen molar-refractivity contribution < 1.29 is 13.2 Å². The van der Waals surface area contributed by atoms with E-state index >= 15 is 0 Å². The summed E-state index contributed by atoms with van der Waals surface area (Å²) in [5.74, 6) is -0.511. The number of hydrogen-bond donors (Lipinski definition) is 2. The molecule has 1 aliphatic rings. The number of rotatable bonds is 4. The van der Waals surface area contributed by atoms with E-state index in [0.29, 0.717) is 17.0 Å². The minimum Gasteiger partial charge on any atom is -0.306 e. The number of carbonyl (C=O) groups excluding carboxylic acids is 1. The fourth-order valence-electron chi connectivity index (χ4n) is 3.20. The van der Waals surface area contributed by atoms with E-state index in [1.165, 1.54) is 17.4 Å². The normalized spacial score (nSPS) is 17.3. The molecule has 0 spiro atoms. The Kier molecular flexibility index (Phi) is 4.71. The van der Waals surface area contributed by atoms with Gasteiger partial charge in [-0.3, -0.25) is 4.79 Å². The molecule has 1 amide bonds. The lowest BCUT2D eigenvalue weighted by atomic mass is 10.1. The monoisotopic (exact) mass is 401 g/mol. The Morgan fingerprint density at radius 2 is 2.07 bits per heavy atom. The van der Waals surface area contributed by atoms with Crippen LogP contribution in [0.2, 0.25) is 0 Å². The second-order valence-electron chi connectivity index (χ2n) is 6.61. The number of hydrogen-bond acceptors (Lipinski definition) is 6. The average Bonchev–Trinajstić information content (AvgIpc) is 3.30. The summed E-state index contributed by atoms with van der Waals surface area (Å²) in [5.41, 5.74) is 2.25. The van der Waals surface area contributed by atoms with E-state index in [4.69, 9.17) is 0 Å². The lowest BCUT2D eigenvalue weighted by Gasteiger charge is -2.14. The highest BCUT2D eigenvalue weighted by molar-refractivity contribution is 7.90. The third-order valence-corrected chi connectivity index (χ3v) is 7.04. The zero-order chi connectivity index (χ0) is 19.0. The zero-order valence-corrected chi connectivity index (χ0v) is 16.4. The Morgan fingerprint density at radius 3 is 2.81 bits per heavy atom. The van der Waals surface area contributed by atoms with E-state index in [1.807, 2.05) is 31.2 Å². The van der Waals surface area contributed by atoms with Crippen LogP contribution in [-0.2, 0) is 14.8 Å². The molecule has 6 nitrogen and oxygen atoms in total. The van der Waals surface area contributed by atoms with Crippen molar-refractivity contribution >= 4 is 37.5 Å². The summed E-state index contributed by atoms with van der Waals surface area (Å²) in [6.45, 7) is 2.62. The Labute approximate surface area is 161 Å². The Hall–Kier alpha value is -2.29. The number of para-hydroxylation sites is 1.